The van der Waals surface area contributed by atoms with Crippen LogP contribution in [0, 0.1) is 11.7 Å². The molecule has 1 unspecified atom stereocenters. The Hall–Kier alpha value is -1.92. The predicted octanol–water partition coefficient (Wildman–Crippen LogP) is 3.85. The SMILES string of the molecule is CCNC(=NCc1ccccc1F)NCC1CCCN(Cc2cccs2)C1. The van der Waals surface area contributed by atoms with Crippen LogP contribution in [0.25, 0.3) is 0 Å². The summed E-state index contributed by atoms with van der Waals surface area (Å²) in [5.74, 6) is 1.17. The molecule has 0 amide bonds. The normalized spacial score (nSPS) is 18.4. The molecule has 1 aromatic heterocycles. The van der Waals surface area contributed by atoms with Crippen LogP contribution in [0.15, 0.2) is 46.8 Å². The number of hydrogen-bond acceptors (Lipinski definition) is 3. The van der Waals surface area contributed by atoms with Gasteiger partial charge in [-0.05, 0) is 49.7 Å². The monoisotopic (exact) mass is 388 g/mol. The van der Waals surface area contributed by atoms with Gasteiger partial charge in [-0.1, -0.05) is 24.3 Å². The van der Waals surface area contributed by atoms with E-state index in [9.17, 15) is 4.39 Å². The van der Waals surface area contributed by atoms with Crippen LogP contribution in [-0.4, -0.2) is 37.0 Å². The van der Waals surface area contributed by atoms with Crippen LogP contribution in [-0.2, 0) is 13.1 Å². The van der Waals surface area contributed by atoms with Gasteiger partial charge in [0.05, 0.1) is 6.54 Å². The summed E-state index contributed by atoms with van der Waals surface area (Å²) in [6.45, 7) is 7.41. The fourth-order valence-corrected chi connectivity index (χ4v) is 4.20. The van der Waals surface area contributed by atoms with Crippen molar-refractivity contribution in [3.8, 4) is 0 Å². The first-order chi connectivity index (χ1) is 13.2. The van der Waals surface area contributed by atoms with E-state index in [1.54, 1.807) is 12.1 Å². The molecule has 1 aliphatic heterocycles. The minimum absolute atomic E-state index is 0.200. The van der Waals surface area contributed by atoms with Crippen LogP contribution in [0.4, 0.5) is 4.39 Å². The smallest absolute Gasteiger partial charge is 0.191 e. The number of likely N-dealkylation sites (tertiary alicyclic amines) is 1. The van der Waals surface area contributed by atoms with Gasteiger partial charge < -0.3 is 10.6 Å². The summed E-state index contributed by atoms with van der Waals surface area (Å²) in [5.41, 5.74) is 0.620. The first-order valence-corrected chi connectivity index (χ1v) is 10.6. The van der Waals surface area contributed by atoms with Gasteiger partial charge in [-0.25, -0.2) is 9.38 Å². The highest BCUT2D eigenvalue weighted by atomic mass is 32.1. The average molecular weight is 389 g/mol. The molecule has 6 heteroatoms. The van der Waals surface area contributed by atoms with E-state index in [0.29, 0.717) is 18.0 Å². The fraction of sp³-hybridized carbons (Fsp3) is 0.476. The van der Waals surface area contributed by atoms with Crippen molar-refractivity contribution in [1.82, 2.24) is 15.5 Å². The zero-order chi connectivity index (χ0) is 18.9. The van der Waals surface area contributed by atoms with E-state index in [-0.39, 0.29) is 5.82 Å². The third-order valence-electron chi connectivity index (χ3n) is 4.83. The number of piperidine rings is 1. The van der Waals surface area contributed by atoms with Gasteiger partial charge in [0, 0.05) is 36.6 Å². The first-order valence-electron chi connectivity index (χ1n) is 9.75. The first kappa shape index (κ1) is 19.8. The lowest BCUT2D eigenvalue weighted by Gasteiger charge is -2.32. The zero-order valence-electron chi connectivity index (χ0n) is 16.0. The lowest BCUT2D eigenvalue weighted by molar-refractivity contribution is 0.169. The number of nitrogens with zero attached hydrogens (tertiary/aromatic N) is 2. The van der Waals surface area contributed by atoms with Gasteiger partial charge in [0.15, 0.2) is 5.96 Å². The summed E-state index contributed by atoms with van der Waals surface area (Å²) < 4.78 is 13.8. The van der Waals surface area contributed by atoms with E-state index in [1.807, 2.05) is 24.3 Å². The molecule has 1 fully saturated rings. The van der Waals surface area contributed by atoms with E-state index in [4.69, 9.17) is 0 Å². The molecule has 1 saturated heterocycles. The van der Waals surface area contributed by atoms with E-state index >= 15 is 0 Å². The van der Waals surface area contributed by atoms with Crippen molar-refractivity contribution in [1.29, 1.82) is 0 Å². The third-order valence-corrected chi connectivity index (χ3v) is 5.69. The lowest BCUT2D eigenvalue weighted by Crippen LogP contribution is -2.44. The number of aliphatic imine (C=N–C) groups is 1. The van der Waals surface area contributed by atoms with Crippen molar-refractivity contribution in [2.45, 2.75) is 32.9 Å². The van der Waals surface area contributed by atoms with Crippen LogP contribution in [0.3, 0.4) is 0 Å². The van der Waals surface area contributed by atoms with E-state index in [2.05, 4.69) is 38.0 Å². The third kappa shape index (κ3) is 6.33. The summed E-state index contributed by atoms with van der Waals surface area (Å²) in [6, 6.07) is 11.2. The van der Waals surface area contributed by atoms with Gasteiger partial charge in [0.2, 0.25) is 0 Å². The Balaban J connectivity index is 1.50. The molecular weight excluding hydrogens is 359 g/mol. The summed E-state index contributed by atoms with van der Waals surface area (Å²) >= 11 is 1.83. The van der Waals surface area contributed by atoms with Crippen LogP contribution in [0.1, 0.15) is 30.2 Å². The average Bonchev–Trinajstić information content (AvgIpc) is 3.18. The van der Waals surface area contributed by atoms with Crippen molar-refractivity contribution in [2.24, 2.45) is 10.9 Å². The summed E-state index contributed by atoms with van der Waals surface area (Å²) in [7, 11) is 0. The molecule has 0 spiro atoms. The molecule has 2 aromatic rings. The molecule has 146 valence electrons. The molecule has 0 aliphatic carbocycles. The Labute approximate surface area is 165 Å². The van der Waals surface area contributed by atoms with Crippen LogP contribution >= 0.6 is 11.3 Å². The van der Waals surface area contributed by atoms with Gasteiger partial charge in [0.1, 0.15) is 5.82 Å². The Morgan fingerprint density at radius 2 is 2.15 bits per heavy atom. The maximum atomic E-state index is 13.8. The molecule has 4 nitrogen and oxygen atoms in total. The Bertz CT molecular complexity index is 717. The standard InChI is InChI=1S/C21H29FN4S/c1-2-23-21(25-14-18-8-3-4-10-20(18)22)24-13-17-7-5-11-26(15-17)16-19-9-6-12-27-19/h3-4,6,8-10,12,17H,2,5,7,11,13-16H2,1H3,(H2,23,24,25). The number of rotatable bonds is 7. The van der Waals surface area contributed by atoms with E-state index in [0.717, 1.165) is 32.1 Å². The second-order valence-corrected chi connectivity index (χ2v) is 8.02. The number of benzene rings is 1. The van der Waals surface area contributed by atoms with Crippen molar-refractivity contribution in [3.63, 3.8) is 0 Å². The highest BCUT2D eigenvalue weighted by molar-refractivity contribution is 7.09. The highest BCUT2D eigenvalue weighted by Crippen LogP contribution is 2.20. The van der Waals surface area contributed by atoms with Gasteiger partial charge in [0.25, 0.3) is 0 Å². The quantitative estimate of drug-likeness (QED) is 0.559. The van der Waals surface area contributed by atoms with Crippen LogP contribution in [0.5, 0.6) is 0 Å². The molecule has 0 bridgehead atoms. The predicted molar refractivity (Wildman–Crippen MR) is 112 cm³/mol. The molecule has 2 heterocycles. The summed E-state index contributed by atoms with van der Waals surface area (Å²) in [4.78, 5) is 8.53. The molecular formula is C21H29FN4S. The molecule has 1 aliphatic rings. The number of hydrogen-bond donors (Lipinski definition) is 2. The number of halogens is 1. The number of nitrogens with one attached hydrogen (secondary N) is 2. The minimum Gasteiger partial charge on any atom is -0.357 e. The van der Waals surface area contributed by atoms with Crippen LogP contribution < -0.4 is 10.6 Å². The van der Waals surface area contributed by atoms with Crippen LogP contribution in [0.2, 0.25) is 0 Å². The lowest BCUT2D eigenvalue weighted by atomic mass is 9.98. The molecule has 0 radical (unpaired) electrons. The topological polar surface area (TPSA) is 39.7 Å². The number of guanidine groups is 1. The van der Waals surface area contributed by atoms with Crippen molar-refractivity contribution in [2.75, 3.05) is 26.2 Å². The Morgan fingerprint density at radius 3 is 2.93 bits per heavy atom. The minimum atomic E-state index is -0.200. The largest absolute Gasteiger partial charge is 0.357 e. The van der Waals surface area contributed by atoms with E-state index in [1.165, 1.54) is 30.3 Å². The molecule has 3 rings (SSSR count). The Kier molecular flexibility index (Phi) is 7.66. The van der Waals surface area contributed by atoms with E-state index < -0.39 is 0 Å². The zero-order valence-corrected chi connectivity index (χ0v) is 16.8. The Morgan fingerprint density at radius 1 is 1.26 bits per heavy atom. The fourth-order valence-electron chi connectivity index (χ4n) is 3.46. The summed E-state index contributed by atoms with van der Waals surface area (Å²) in [5, 5.41) is 8.86. The number of thiophene rings is 1. The highest BCUT2D eigenvalue weighted by Gasteiger charge is 2.20. The second-order valence-electron chi connectivity index (χ2n) is 6.99. The van der Waals surface area contributed by atoms with Crippen molar-refractivity contribution in [3.05, 3.63) is 58.0 Å². The van der Waals surface area contributed by atoms with Gasteiger partial charge in [-0.3, -0.25) is 4.90 Å². The summed E-state index contributed by atoms with van der Waals surface area (Å²) in [6.07, 6.45) is 2.47. The molecule has 2 N–H and O–H groups in total. The van der Waals surface area contributed by atoms with Crippen molar-refractivity contribution < 1.29 is 4.39 Å². The maximum absolute atomic E-state index is 13.8. The molecule has 1 atom stereocenters. The molecule has 27 heavy (non-hydrogen) atoms. The maximum Gasteiger partial charge on any atom is 0.191 e. The van der Waals surface area contributed by atoms with Crippen molar-refractivity contribution >= 4 is 17.3 Å². The second kappa shape index (κ2) is 10.4. The molecule has 0 saturated carbocycles. The van der Waals surface area contributed by atoms with Gasteiger partial charge >= 0.3 is 0 Å². The van der Waals surface area contributed by atoms with Gasteiger partial charge in [-0.15, -0.1) is 11.3 Å². The molecule has 1 aromatic carbocycles. The van der Waals surface area contributed by atoms with Gasteiger partial charge in [-0.2, -0.15) is 0 Å².